The number of benzene rings is 1. The van der Waals surface area contributed by atoms with Crippen molar-refractivity contribution < 1.29 is 9.32 Å². The molecule has 1 aliphatic rings. The lowest BCUT2D eigenvalue weighted by Crippen LogP contribution is -2.32. The van der Waals surface area contributed by atoms with Crippen molar-refractivity contribution in [3.8, 4) is 0 Å². The number of fused-ring (bicyclic) bond motifs is 1. The maximum absolute atomic E-state index is 12.8. The van der Waals surface area contributed by atoms with Crippen molar-refractivity contribution in [3.05, 3.63) is 41.3 Å². The summed E-state index contributed by atoms with van der Waals surface area (Å²) in [7, 11) is 0. The second-order valence-corrected chi connectivity index (χ2v) is 5.96. The van der Waals surface area contributed by atoms with E-state index in [1.54, 1.807) is 18.7 Å². The summed E-state index contributed by atoms with van der Waals surface area (Å²) in [6.07, 6.45) is 0.981. The van der Waals surface area contributed by atoms with Crippen LogP contribution in [0.3, 0.4) is 0 Å². The van der Waals surface area contributed by atoms with E-state index >= 15 is 0 Å². The van der Waals surface area contributed by atoms with Crippen molar-refractivity contribution in [3.63, 3.8) is 0 Å². The Balaban J connectivity index is 2.04. The molecular formula is C15H16N2O2S. The van der Waals surface area contributed by atoms with Crippen molar-refractivity contribution in [1.29, 1.82) is 0 Å². The summed E-state index contributed by atoms with van der Waals surface area (Å²) in [6.45, 7) is 4.32. The number of thioether (sulfide) groups is 1. The SMILES string of the molecule is Cc1noc(C)c1C(=O)N1CCCSc2ccccc21. The highest BCUT2D eigenvalue weighted by Crippen LogP contribution is 2.34. The van der Waals surface area contributed by atoms with E-state index in [-0.39, 0.29) is 5.91 Å². The summed E-state index contributed by atoms with van der Waals surface area (Å²) in [4.78, 5) is 15.8. The van der Waals surface area contributed by atoms with Crippen LogP contribution in [0.1, 0.15) is 28.2 Å². The number of anilines is 1. The van der Waals surface area contributed by atoms with Gasteiger partial charge in [-0.1, -0.05) is 17.3 Å². The third kappa shape index (κ3) is 2.22. The fourth-order valence-corrected chi connectivity index (χ4v) is 3.46. The average Bonchev–Trinajstić information content (AvgIpc) is 2.67. The first-order valence-electron chi connectivity index (χ1n) is 6.65. The number of carbonyl (C=O) groups excluding carboxylic acids is 1. The third-order valence-corrected chi connectivity index (χ3v) is 4.58. The molecule has 0 spiro atoms. The predicted octanol–water partition coefficient (Wildman–Crippen LogP) is 3.43. The fourth-order valence-electron chi connectivity index (χ4n) is 2.46. The molecule has 1 aliphatic heterocycles. The van der Waals surface area contributed by atoms with Crippen molar-refractivity contribution in [2.24, 2.45) is 0 Å². The lowest BCUT2D eigenvalue weighted by Gasteiger charge is -2.22. The van der Waals surface area contributed by atoms with Gasteiger partial charge in [0.15, 0.2) is 0 Å². The van der Waals surface area contributed by atoms with Crippen LogP contribution in [0.15, 0.2) is 33.7 Å². The first-order valence-corrected chi connectivity index (χ1v) is 7.63. The van der Waals surface area contributed by atoms with Gasteiger partial charge in [-0.2, -0.15) is 0 Å². The fraction of sp³-hybridized carbons (Fsp3) is 0.333. The van der Waals surface area contributed by atoms with Crippen LogP contribution in [-0.2, 0) is 0 Å². The number of aryl methyl sites for hydroxylation is 2. The minimum absolute atomic E-state index is 0.0174. The van der Waals surface area contributed by atoms with Crippen molar-refractivity contribution >= 4 is 23.4 Å². The first kappa shape index (κ1) is 13.2. The molecule has 20 heavy (non-hydrogen) atoms. The van der Waals surface area contributed by atoms with Gasteiger partial charge in [-0.05, 0) is 38.2 Å². The number of para-hydroxylation sites is 1. The van der Waals surface area contributed by atoms with Gasteiger partial charge >= 0.3 is 0 Å². The van der Waals surface area contributed by atoms with Gasteiger partial charge in [-0.3, -0.25) is 4.79 Å². The Morgan fingerprint density at radius 2 is 2.15 bits per heavy atom. The van der Waals surface area contributed by atoms with Gasteiger partial charge in [0.1, 0.15) is 11.3 Å². The van der Waals surface area contributed by atoms with Crippen LogP contribution in [0.2, 0.25) is 0 Å². The van der Waals surface area contributed by atoms with Crippen molar-refractivity contribution in [1.82, 2.24) is 5.16 Å². The van der Waals surface area contributed by atoms with Crippen LogP contribution in [0.25, 0.3) is 0 Å². The lowest BCUT2D eigenvalue weighted by atomic mass is 10.1. The molecule has 0 fully saturated rings. The third-order valence-electron chi connectivity index (χ3n) is 3.43. The zero-order chi connectivity index (χ0) is 14.1. The van der Waals surface area contributed by atoms with E-state index in [0.717, 1.165) is 29.3 Å². The maximum atomic E-state index is 12.8. The molecule has 0 N–H and O–H groups in total. The molecule has 3 rings (SSSR count). The summed E-state index contributed by atoms with van der Waals surface area (Å²) >= 11 is 1.80. The van der Waals surface area contributed by atoms with E-state index in [2.05, 4.69) is 11.2 Å². The minimum Gasteiger partial charge on any atom is -0.361 e. The van der Waals surface area contributed by atoms with Crippen LogP contribution < -0.4 is 4.90 Å². The number of amides is 1. The topological polar surface area (TPSA) is 46.3 Å². The van der Waals surface area contributed by atoms with Gasteiger partial charge in [0.25, 0.3) is 5.91 Å². The number of nitrogens with zero attached hydrogens (tertiary/aromatic N) is 2. The summed E-state index contributed by atoms with van der Waals surface area (Å²) < 4.78 is 5.12. The van der Waals surface area contributed by atoms with E-state index in [1.165, 1.54) is 0 Å². The standard InChI is InChI=1S/C15H16N2O2S/c1-10-14(11(2)19-16-10)15(18)17-8-5-9-20-13-7-4-3-6-12(13)17/h3-4,6-7H,5,8-9H2,1-2H3. The summed E-state index contributed by atoms with van der Waals surface area (Å²) in [5, 5.41) is 3.88. The Morgan fingerprint density at radius 3 is 2.90 bits per heavy atom. The molecule has 0 atom stereocenters. The molecule has 0 saturated carbocycles. The van der Waals surface area contributed by atoms with Crippen LogP contribution in [0.5, 0.6) is 0 Å². The predicted molar refractivity (Wildman–Crippen MR) is 79.4 cm³/mol. The van der Waals surface area contributed by atoms with E-state index in [1.807, 2.05) is 30.0 Å². The van der Waals surface area contributed by atoms with Gasteiger partial charge in [0, 0.05) is 11.4 Å². The molecule has 2 heterocycles. The number of carbonyl (C=O) groups is 1. The molecule has 0 saturated heterocycles. The molecule has 1 amide bonds. The number of hydrogen-bond donors (Lipinski definition) is 0. The Labute approximate surface area is 122 Å². The van der Waals surface area contributed by atoms with Gasteiger partial charge in [-0.25, -0.2) is 0 Å². The Kier molecular flexibility index (Phi) is 3.53. The summed E-state index contributed by atoms with van der Waals surface area (Å²) in [6, 6.07) is 8.05. The average molecular weight is 288 g/mol. The molecule has 4 nitrogen and oxygen atoms in total. The molecule has 0 aliphatic carbocycles. The minimum atomic E-state index is -0.0174. The zero-order valence-electron chi connectivity index (χ0n) is 11.5. The Bertz CT molecular complexity index is 632. The molecule has 2 aromatic rings. The van der Waals surface area contributed by atoms with E-state index in [9.17, 15) is 4.79 Å². The zero-order valence-corrected chi connectivity index (χ0v) is 12.4. The Hall–Kier alpha value is -1.75. The van der Waals surface area contributed by atoms with Crippen LogP contribution >= 0.6 is 11.8 Å². The highest BCUT2D eigenvalue weighted by atomic mass is 32.2. The van der Waals surface area contributed by atoms with Gasteiger partial charge in [0.2, 0.25) is 0 Å². The highest BCUT2D eigenvalue weighted by molar-refractivity contribution is 7.99. The molecule has 1 aromatic carbocycles. The van der Waals surface area contributed by atoms with Crippen LogP contribution in [0.4, 0.5) is 5.69 Å². The lowest BCUT2D eigenvalue weighted by molar-refractivity contribution is 0.0984. The van der Waals surface area contributed by atoms with Crippen LogP contribution in [-0.4, -0.2) is 23.4 Å². The van der Waals surface area contributed by atoms with E-state index in [4.69, 9.17) is 4.52 Å². The number of rotatable bonds is 1. The van der Waals surface area contributed by atoms with Gasteiger partial charge in [0.05, 0.1) is 11.4 Å². The normalized spacial score (nSPS) is 14.8. The van der Waals surface area contributed by atoms with Gasteiger partial charge < -0.3 is 9.42 Å². The second-order valence-electron chi connectivity index (χ2n) is 4.83. The molecule has 1 aromatic heterocycles. The second kappa shape index (κ2) is 5.32. The summed E-state index contributed by atoms with van der Waals surface area (Å²) in [5.74, 6) is 1.60. The Morgan fingerprint density at radius 1 is 1.35 bits per heavy atom. The first-order chi connectivity index (χ1) is 9.68. The van der Waals surface area contributed by atoms with Crippen molar-refractivity contribution in [2.45, 2.75) is 25.2 Å². The maximum Gasteiger partial charge on any atom is 0.263 e. The van der Waals surface area contributed by atoms with Crippen LogP contribution in [0, 0.1) is 13.8 Å². The summed E-state index contributed by atoms with van der Waals surface area (Å²) in [5.41, 5.74) is 2.23. The van der Waals surface area contributed by atoms with E-state index in [0.29, 0.717) is 17.0 Å². The molecular weight excluding hydrogens is 272 g/mol. The van der Waals surface area contributed by atoms with Gasteiger partial charge in [-0.15, -0.1) is 11.8 Å². The largest absolute Gasteiger partial charge is 0.361 e. The molecule has 0 unspecified atom stereocenters. The monoisotopic (exact) mass is 288 g/mol. The number of aromatic nitrogens is 1. The van der Waals surface area contributed by atoms with E-state index < -0.39 is 0 Å². The molecule has 5 heteroatoms. The number of hydrogen-bond acceptors (Lipinski definition) is 4. The quantitative estimate of drug-likeness (QED) is 0.806. The smallest absolute Gasteiger partial charge is 0.263 e. The molecule has 104 valence electrons. The molecule has 0 radical (unpaired) electrons. The highest BCUT2D eigenvalue weighted by Gasteiger charge is 2.27. The van der Waals surface area contributed by atoms with Crippen molar-refractivity contribution in [2.75, 3.05) is 17.2 Å². The molecule has 0 bridgehead atoms.